The number of rotatable bonds is 4. The van der Waals surface area contributed by atoms with Crippen LogP contribution in [0.2, 0.25) is 0 Å². The Hall–Kier alpha value is -1.74. The molecule has 1 unspecified atom stereocenters. The minimum atomic E-state index is 0.0749. The van der Waals surface area contributed by atoms with E-state index in [1.807, 2.05) is 25.2 Å². The van der Waals surface area contributed by atoms with Gasteiger partial charge in [0, 0.05) is 0 Å². The molecular weight excluding hydrogens is 226 g/mol. The van der Waals surface area contributed by atoms with Gasteiger partial charge in [-0.25, -0.2) is 0 Å². The van der Waals surface area contributed by atoms with E-state index in [9.17, 15) is 0 Å². The summed E-state index contributed by atoms with van der Waals surface area (Å²) in [5, 5.41) is 3.31. The monoisotopic (exact) mass is 245 g/mol. The van der Waals surface area contributed by atoms with Crippen molar-refractivity contribution in [1.29, 1.82) is 0 Å². The van der Waals surface area contributed by atoms with Gasteiger partial charge in [0.05, 0.1) is 19.4 Å². The van der Waals surface area contributed by atoms with Crippen LogP contribution in [0.25, 0.3) is 0 Å². The number of ether oxygens (including phenoxy) is 1. The molecular formula is C15H19NO2. The summed E-state index contributed by atoms with van der Waals surface area (Å²) in [4.78, 5) is 0. The molecule has 0 bridgehead atoms. The maximum atomic E-state index is 5.59. The van der Waals surface area contributed by atoms with E-state index in [4.69, 9.17) is 9.15 Å². The summed E-state index contributed by atoms with van der Waals surface area (Å²) >= 11 is 0. The Bertz CT molecular complexity index is 531. The van der Waals surface area contributed by atoms with Gasteiger partial charge >= 0.3 is 0 Å². The van der Waals surface area contributed by atoms with E-state index in [1.165, 1.54) is 11.1 Å². The molecule has 0 spiro atoms. The van der Waals surface area contributed by atoms with Crippen LogP contribution < -0.4 is 10.1 Å². The van der Waals surface area contributed by atoms with Gasteiger partial charge in [0.1, 0.15) is 11.5 Å². The van der Waals surface area contributed by atoms with Gasteiger partial charge in [0.15, 0.2) is 0 Å². The predicted octanol–water partition coefficient (Wildman–Crippen LogP) is 3.21. The summed E-state index contributed by atoms with van der Waals surface area (Å²) < 4.78 is 10.8. The van der Waals surface area contributed by atoms with Gasteiger partial charge in [-0.2, -0.15) is 0 Å². The molecule has 0 saturated heterocycles. The van der Waals surface area contributed by atoms with Crippen molar-refractivity contribution in [3.63, 3.8) is 0 Å². The first kappa shape index (κ1) is 12.7. The quantitative estimate of drug-likeness (QED) is 0.898. The predicted molar refractivity (Wildman–Crippen MR) is 72.1 cm³/mol. The smallest absolute Gasteiger partial charge is 0.128 e. The van der Waals surface area contributed by atoms with Crippen molar-refractivity contribution >= 4 is 0 Å². The van der Waals surface area contributed by atoms with E-state index in [0.29, 0.717) is 0 Å². The van der Waals surface area contributed by atoms with E-state index in [-0.39, 0.29) is 6.04 Å². The fourth-order valence-electron chi connectivity index (χ4n) is 2.21. The lowest BCUT2D eigenvalue weighted by molar-refractivity contribution is 0.413. The molecule has 2 aromatic rings. The summed E-state index contributed by atoms with van der Waals surface area (Å²) in [6, 6.07) is 8.16. The van der Waals surface area contributed by atoms with E-state index in [1.54, 1.807) is 13.4 Å². The van der Waals surface area contributed by atoms with Gasteiger partial charge in [-0.3, -0.25) is 0 Å². The molecule has 2 rings (SSSR count). The first-order valence-electron chi connectivity index (χ1n) is 6.03. The minimum absolute atomic E-state index is 0.0749. The minimum Gasteiger partial charge on any atom is -0.497 e. The average Bonchev–Trinajstić information content (AvgIpc) is 2.78. The summed E-state index contributed by atoms with van der Waals surface area (Å²) in [7, 11) is 3.62. The molecule has 0 saturated carbocycles. The fraction of sp³-hybridized carbons (Fsp3) is 0.333. The van der Waals surface area contributed by atoms with Crippen LogP contribution in [0.15, 0.2) is 34.9 Å². The van der Waals surface area contributed by atoms with Crippen LogP contribution in [-0.2, 0) is 0 Å². The van der Waals surface area contributed by atoms with Crippen LogP contribution in [0.1, 0.15) is 28.5 Å². The lowest BCUT2D eigenvalue weighted by Crippen LogP contribution is -2.18. The summed E-state index contributed by atoms with van der Waals surface area (Å²) in [6.45, 7) is 4.14. The van der Waals surface area contributed by atoms with Crippen LogP contribution in [0.4, 0.5) is 0 Å². The molecule has 18 heavy (non-hydrogen) atoms. The standard InChI is InChI=1S/C15H19NO2/c1-10-7-8-18-15(10)14(16-3)13-6-5-12(17-4)9-11(13)2/h5-9,14,16H,1-4H3. The highest BCUT2D eigenvalue weighted by Crippen LogP contribution is 2.29. The van der Waals surface area contributed by atoms with Gasteiger partial charge < -0.3 is 14.5 Å². The van der Waals surface area contributed by atoms with Crippen molar-refractivity contribution in [3.8, 4) is 5.75 Å². The van der Waals surface area contributed by atoms with Crippen molar-refractivity contribution in [1.82, 2.24) is 5.32 Å². The number of hydrogen-bond acceptors (Lipinski definition) is 3. The Morgan fingerprint density at radius 1 is 1.17 bits per heavy atom. The molecule has 0 aliphatic heterocycles. The van der Waals surface area contributed by atoms with Gasteiger partial charge in [0.2, 0.25) is 0 Å². The summed E-state index contributed by atoms with van der Waals surface area (Å²) in [5.41, 5.74) is 3.55. The fourth-order valence-corrected chi connectivity index (χ4v) is 2.21. The summed E-state index contributed by atoms with van der Waals surface area (Å²) in [6.07, 6.45) is 1.73. The second-order valence-corrected chi connectivity index (χ2v) is 4.41. The van der Waals surface area contributed by atoms with E-state index < -0.39 is 0 Å². The number of aryl methyl sites for hydroxylation is 2. The molecule has 0 aliphatic rings. The molecule has 96 valence electrons. The molecule has 1 aromatic heterocycles. The SMILES string of the molecule is CNC(c1ccc(OC)cc1C)c1occc1C. The van der Waals surface area contributed by atoms with Gasteiger partial charge in [-0.1, -0.05) is 6.07 Å². The first-order valence-corrected chi connectivity index (χ1v) is 6.03. The Morgan fingerprint density at radius 3 is 2.44 bits per heavy atom. The van der Waals surface area contributed by atoms with Gasteiger partial charge in [-0.05, 0) is 55.8 Å². The van der Waals surface area contributed by atoms with Gasteiger partial charge in [-0.15, -0.1) is 0 Å². The van der Waals surface area contributed by atoms with Crippen LogP contribution in [-0.4, -0.2) is 14.2 Å². The van der Waals surface area contributed by atoms with Crippen LogP contribution in [0.5, 0.6) is 5.75 Å². The zero-order chi connectivity index (χ0) is 13.1. The van der Waals surface area contributed by atoms with Crippen LogP contribution >= 0.6 is 0 Å². The van der Waals surface area contributed by atoms with E-state index in [2.05, 4.69) is 25.2 Å². The average molecular weight is 245 g/mol. The number of nitrogens with one attached hydrogen (secondary N) is 1. The van der Waals surface area contributed by atoms with Crippen molar-refractivity contribution in [3.05, 3.63) is 53.0 Å². The molecule has 1 aromatic carbocycles. The third kappa shape index (κ3) is 2.27. The normalized spacial score (nSPS) is 12.4. The molecule has 1 N–H and O–H groups in total. The molecule has 1 heterocycles. The van der Waals surface area contributed by atoms with Crippen LogP contribution in [0.3, 0.4) is 0 Å². The lowest BCUT2D eigenvalue weighted by Gasteiger charge is -2.18. The van der Waals surface area contributed by atoms with Gasteiger partial charge in [0.25, 0.3) is 0 Å². The first-order chi connectivity index (χ1) is 8.67. The Kier molecular flexibility index (Phi) is 3.72. The molecule has 1 atom stereocenters. The highest BCUT2D eigenvalue weighted by molar-refractivity contribution is 5.40. The highest BCUT2D eigenvalue weighted by atomic mass is 16.5. The molecule has 0 aliphatic carbocycles. The van der Waals surface area contributed by atoms with Crippen LogP contribution in [0, 0.1) is 13.8 Å². The number of benzene rings is 1. The van der Waals surface area contributed by atoms with E-state index in [0.717, 1.165) is 17.1 Å². The molecule has 3 nitrogen and oxygen atoms in total. The molecule has 3 heteroatoms. The Labute approximate surface area is 108 Å². The number of hydrogen-bond donors (Lipinski definition) is 1. The lowest BCUT2D eigenvalue weighted by atomic mass is 9.97. The molecule has 0 fully saturated rings. The largest absolute Gasteiger partial charge is 0.497 e. The highest BCUT2D eigenvalue weighted by Gasteiger charge is 2.19. The van der Waals surface area contributed by atoms with Crippen molar-refractivity contribution in [2.75, 3.05) is 14.2 Å². The van der Waals surface area contributed by atoms with Crippen molar-refractivity contribution in [2.24, 2.45) is 0 Å². The second kappa shape index (κ2) is 5.27. The third-order valence-electron chi connectivity index (χ3n) is 3.24. The van der Waals surface area contributed by atoms with E-state index >= 15 is 0 Å². The Morgan fingerprint density at radius 2 is 1.94 bits per heavy atom. The maximum absolute atomic E-state index is 5.59. The van der Waals surface area contributed by atoms with Crippen molar-refractivity contribution < 1.29 is 9.15 Å². The summed E-state index contributed by atoms with van der Waals surface area (Å²) in [5.74, 6) is 1.84. The maximum Gasteiger partial charge on any atom is 0.128 e. The van der Waals surface area contributed by atoms with Crippen molar-refractivity contribution in [2.45, 2.75) is 19.9 Å². The molecule has 0 radical (unpaired) electrons. The Balaban J connectivity index is 2.42. The molecule has 0 amide bonds. The number of furan rings is 1. The second-order valence-electron chi connectivity index (χ2n) is 4.41. The zero-order valence-corrected chi connectivity index (χ0v) is 11.3. The topological polar surface area (TPSA) is 34.4 Å². The number of methoxy groups -OCH3 is 1. The zero-order valence-electron chi connectivity index (χ0n) is 11.3. The third-order valence-corrected chi connectivity index (χ3v) is 3.24.